The molecule has 1 heterocycles. The van der Waals surface area contributed by atoms with Gasteiger partial charge in [0, 0.05) is 11.6 Å². The van der Waals surface area contributed by atoms with Gasteiger partial charge in [-0.05, 0) is 36.6 Å². The number of nitrogens with one attached hydrogen (secondary N) is 3. The van der Waals surface area contributed by atoms with Gasteiger partial charge in [-0.25, -0.2) is 4.79 Å². The van der Waals surface area contributed by atoms with E-state index in [2.05, 4.69) is 22.1 Å². The summed E-state index contributed by atoms with van der Waals surface area (Å²) >= 11 is 1.65. The first-order valence-corrected chi connectivity index (χ1v) is 8.95. The molecule has 3 amide bonds. The number of thiophene rings is 1. The molecule has 5 nitrogen and oxygen atoms in total. The van der Waals surface area contributed by atoms with E-state index in [4.69, 9.17) is 0 Å². The molecule has 1 unspecified atom stereocenters. The van der Waals surface area contributed by atoms with Gasteiger partial charge in [-0.1, -0.05) is 19.3 Å². The molecular formula is C16H26N3O2S+. The van der Waals surface area contributed by atoms with Gasteiger partial charge >= 0.3 is 6.03 Å². The Hall–Kier alpha value is -1.40. The smallest absolute Gasteiger partial charge is 0.321 e. The van der Waals surface area contributed by atoms with E-state index in [1.165, 1.54) is 12.0 Å². The maximum absolute atomic E-state index is 12.2. The predicted octanol–water partition coefficient (Wildman–Crippen LogP) is 1.31. The maximum atomic E-state index is 12.2. The predicted molar refractivity (Wildman–Crippen MR) is 87.9 cm³/mol. The van der Waals surface area contributed by atoms with Crippen molar-refractivity contribution in [2.45, 2.75) is 57.7 Å². The Morgan fingerprint density at radius 3 is 2.73 bits per heavy atom. The van der Waals surface area contributed by atoms with E-state index < -0.39 is 0 Å². The molecule has 0 saturated heterocycles. The van der Waals surface area contributed by atoms with E-state index in [9.17, 15) is 9.59 Å². The summed E-state index contributed by atoms with van der Waals surface area (Å²) in [7, 11) is 1.97. The molecule has 0 aliphatic heterocycles. The van der Waals surface area contributed by atoms with Gasteiger partial charge in [0.1, 0.15) is 6.54 Å². The fraction of sp³-hybridized carbons (Fsp3) is 0.625. The lowest BCUT2D eigenvalue weighted by molar-refractivity contribution is -0.908. The van der Waals surface area contributed by atoms with Gasteiger partial charge in [0.2, 0.25) is 0 Å². The number of imide groups is 1. The summed E-state index contributed by atoms with van der Waals surface area (Å²) in [5.41, 5.74) is 1.22. The number of amides is 3. The zero-order valence-corrected chi connectivity index (χ0v) is 14.2. The summed E-state index contributed by atoms with van der Waals surface area (Å²) in [5, 5.41) is 9.51. The number of hydrogen-bond acceptors (Lipinski definition) is 3. The van der Waals surface area contributed by atoms with E-state index in [0.717, 1.165) is 37.1 Å². The van der Waals surface area contributed by atoms with Crippen LogP contribution in [0.25, 0.3) is 0 Å². The quantitative estimate of drug-likeness (QED) is 0.765. The van der Waals surface area contributed by atoms with Crippen LogP contribution >= 0.6 is 11.3 Å². The number of likely N-dealkylation sites (N-methyl/N-ethyl adjacent to an activating group) is 1. The molecule has 6 heteroatoms. The summed E-state index contributed by atoms with van der Waals surface area (Å²) < 4.78 is 0. The molecule has 22 heavy (non-hydrogen) atoms. The molecular weight excluding hydrogens is 298 g/mol. The van der Waals surface area contributed by atoms with Crippen molar-refractivity contribution < 1.29 is 14.5 Å². The number of urea groups is 1. The molecule has 2 atom stereocenters. The van der Waals surface area contributed by atoms with Crippen molar-refractivity contribution >= 4 is 23.3 Å². The Labute approximate surface area is 136 Å². The first-order valence-electron chi connectivity index (χ1n) is 8.01. The molecule has 1 aliphatic carbocycles. The summed E-state index contributed by atoms with van der Waals surface area (Å²) in [5.74, 6) is -0.221. The topological polar surface area (TPSA) is 62.6 Å². The van der Waals surface area contributed by atoms with Crippen LogP contribution in [0.5, 0.6) is 0 Å². The molecule has 0 spiro atoms. The molecule has 0 bridgehead atoms. The molecule has 1 aliphatic rings. The molecule has 1 aromatic heterocycles. The molecule has 0 radical (unpaired) electrons. The lowest BCUT2D eigenvalue weighted by Gasteiger charge is -2.24. The number of rotatable bonds is 5. The van der Waals surface area contributed by atoms with E-state index >= 15 is 0 Å². The van der Waals surface area contributed by atoms with Crippen molar-refractivity contribution in [3.63, 3.8) is 0 Å². The second-order valence-corrected chi connectivity index (χ2v) is 6.95. The maximum Gasteiger partial charge on any atom is 0.321 e. The SMILES string of the molecule is C[C@@H](C(=O)NC(=O)NC1CCCCC1)[NH+](C)Cc1ccsc1. The normalized spacial score (nSPS) is 18.5. The highest BCUT2D eigenvalue weighted by atomic mass is 32.1. The zero-order valence-electron chi connectivity index (χ0n) is 13.4. The largest absolute Gasteiger partial charge is 0.335 e. The van der Waals surface area contributed by atoms with Crippen molar-refractivity contribution in [2.24, 2.45) is 0 Å². The number of carbonyl (C=O) groups excluding carboxylic acids is 2. The van der Waals surface area contributed by atoms with Gasteiger partial charge in [0.25, 0.3) is 5.91 Å². The second kappa shape index (κ2) is 8.29. The van der Waals surface area contributed by atoms with Crippen LogP contribution in [-0.4, -0.2) is 31.1 Å². The van der Waals surface area contributed by atoms with Gasteiger partial charge in [0.05, 0.1) is 7.05 Å². The van der Waals surface area contributed by atoms with Crippen LogP contribution in [-0.2, 0) is 11.3 Å². The Balaban J connectivity index is 1.76. The van der Waals surface area contributed by atoms with Gasteiger partial charge in [0.15, 0.2) is 6.04 Å². The highest BCUT2D eigenvalue weighted by Crippen LogP contribution is 2.17. The standard InChI is InChI=1S/C16H25N3O2S/c1-12(19(2)10-13-8-9-22-11-13)15(20)18-16(21)17-14-6-4-3-5-7-14/h8-9,11-12,14H,3-7,10H2,1-2H3,(H2,17,18,20,21)/p+1/t12-/m0/s1. The van der Waals surface area contributed by atoms with Gasteiger partial charge < -0.3 is 10.2 Å². The number of quaternary nitrogens is 1. The first kappa shape index (κ1) is 17.0. The van der Waals surface area contributed by atoms with E-state index in [0.29, 0.717) is 0 Å². The molecule has 0 aromatic carbocycles. The van der Waals surface area contributed by atoms with Crippen LogP contribution in [0.3, 0.4) is 0 Å². The fourth-order valence-corrected chi connectivity index (χ4v) is 3.45. The summed E-state index contributed by atoms with van der Waals surface area (Å²) in [6, 6.07) is 1.66. The van der Waals surface area contributed by atoms with Crippen LogP contribution in [0.1, 0.15) is 44.6 Å². The Bertz CT molecular complexity index is 484. The lowest BCUT2D eigenvalue weighted by atomic mass is 9.96. The minimum atomic E-state index is -0.355. The summed E-state index contributed by atoms with van der Waals surface area (Å²) in [4.78, 5) is 25.2. The lowest BCUT2D eigenvalue weighted by Crippen LogP contribution is -3.12. The average Bonchev–Trinajstić information content (AvgIpc) is 3.00. The van der Waals surface area contributed by atoms with E-state index in [-0.39, 0.29) is 24.0 Å². The average molecular weight is 324 g/mol. The number of hydrogen-bond donors (Lipinski definition) is 3. The Morgan fingerprint density at radius 1 is 1.36 bits per heavy atom. The van der Waals surface area contributed by atoms with Crippen LogP contribution in [0.4, 0.5) is 4.79 Å². The summed E-state index contributed by atoms with van der Waals surface area (Å²) in [6.45, 7) is 2.63. The zero-order chi connectivity index (χ0) is 15.9. The van der Waals surface area contributed by atoms with Crippen LogP contribution < -0.4 is 15.5 Å². The molecule has 1 saturated carbocycles. The van der Waals surface area contributed by atoms with Crippen molar-refractivity contribution in [1.82, 2.24) is 10.6 Å². The highest BCUT2D eigenvalue weighted by molar-refractivity contribution is 7.07. The molecule has 122 valence electrons. The summed E-state index contributed by atoms with van der Waals surface area (Å²) in [6.07, 6.45) is 5.58. The van der Waals surface area contributed by atoms with E-state index in [1.807, 2.05) is 19.4 Å². The molecule has 1 fully saturated rings. The second-order valence-electron chi connectivity index (χ2n) is 6.17. The minimum absolute atomic E-state index is 0.215. The number of carbonyl (C=O) groups is 2. The van der Waals surface area contributed by atoms with Crippen LogP contribution in [0.2, 0.25) is 0 Å². The highest BCUT2D eigenvalue weighted by Gasteiger charge is 2.25. The molecule has 2 rings (SSSR count). The fourth-order valence-electron chi connectivity index (χ4n) is 2.78. The van der Waals surface area contributed by atoms with Gasteiger partial charge in [-0.3, -0.25) is 10.1 Å². The first-order chi connectivity index (χ1) is 10.6. The van der Waals surface area contributed by atoms with Crippen LogP contribution in [0, 0.1) is 0 Å². The third kappa shape index (κ3) is 5.10. The van der Waals surface area contributed by atoms with Gasteiger partial charge in [-0.2, -0.15) is 11.3 Å². The third-order valence-electron chi connectivity index (χ3n) is 4.37. The Morgan fingerprint density at radius 2 is 2.09 bits per heavy atom. The Kier molecular flexibility index (Phi) is 6.39. The third-order valence-corrected chi connectivity index (χ3v) is 5.10. The molecule has 1 aromatic rings. The van der Waals surface area contributed by atoms with Crippen molar-refractivity contribution in [1.29, 1.82) is 0 Å². The van der Waals surface area contributed by atoms with Crippen molar-refractivity contribution in [3.05, 3.63) is 22.4 Å². The monoisotopic (exact) mass is 324 g/mol. The van der Waals surface area contributed by atoms with E-state index in [1.54, 1.807) is 11.3 Å². The van der Waals surface area contributed by atoms with Gasteiger partial charge in [-0.15, -0.1) is 0 Å². The van der Waals surface area contributed by atoms with Crippen LogP contribution in [0.15, 0.2) is 16.8 Å². The van der Waals surface area contributed by atoms with Crippen molar-refractivity contribution in [3.8, 4) is 0 Å². The molecule has 3 N–H and O–H groups in total. The minimum Gasteiger partial charge on any atom is -0.335 e. The van der Waals surface area contributed by atoms with Crippen molar-refractivity contribution in [2.75, 3.05) is 7.05 Å².